The van der Waals surface area contributed by atoms with Crippen LogP contribution in [0.5, 0.6) is 0 Å². The van der Waals surface area contributed by atoms with Crippen LogP contribution in [-0.2, 0) is 24.4 Å². The molecule has 3 aromatic rings. The lowest BCUT2D eigenvalue weighted by Gasteiger charge is -2.32. The van der Waals surface area contributed by atoms with Crippen molar-refractivity contribution in [1.82, 2.24) is 34.5 Å². The van der Waals surface area contributed by atoms with Gasteiger partial charge in [0.15, 0.2) is 0 Å². The van der Waals surface area contributed by atoms with Crippen molar-refractivity contribution in [2.24, 2.45) is 0 Å². The molecule has 0 aliphatic carbocycles. The lowest BCUT2D eigenvalue weighted by atomic mass is 9.95. The molecule has 2 N–H and O–H groups in total. The Morgan fingerprint density at radius 2 is 1.96 bits per heavy atom. The van der Waals surface area contributed by atoms with E-state index in [1.165, 1.54) is 4.57 Å². The van der Waals surface area contributed by atoms with Crippen LogP contribution in [0.15, 0.2) is 29.1 Å². The second-order valence-electron chi connectivity index (χ2n) is 7.49. The van der Waals surface area contributed by atoms with E-state index in [1.807, 2.05) is 29.2 Å². The van der Waals surface area contributed by atoms with Crippen molar-refractivity contribution in [3.8, 4) is 0 Å². The lowest BCUT2D eigenvalue weighted by Crippen LogP contribution is -2.41. The van der Waals surface area contributed by atoms with E-state index in [0.29, 0.717) is 19.0 Å². The van der Waals surface area contributed by atoms with E-state index in [0.717, 1.165) is 55.2 Å². The number of amides is 1. The van der Waals surface area contributed by atoms with Crippen molar-refractivity contribution in [3.63, 3.8) is 0 Å². The average molecular weight is 381 g/mol. The van der Waals surface area contributed by atoms with Crippen molar-refractivity contribution >= 4 is 16.9 Å². The molecule has 0 spiro atoms. The van der Waals surface area contributed by atoms with Crippen LogP contribution in [0.1, 0.15) is 30.4 Å². The van der Waals surface area contributed by atoms with Crippen molar-refractivity contribution in [1.29, 1.82) is 0 Å². The fraction of sp³-hybridized carbons (Fsp3) is 0.474. The quantitative estimate of drug-likeness (QED) is 0.685. The smallest absolute Gasteiger partial charge is 0.326 e. The fourth-order valence-electron chi connectivity index (χ4n) is 4.30. The summed E-state index contributed by atoms with van der Waals surface area (Å²) in [4.78, 5) is 29.7. The minimum Gasteiger partial charge on any atom is -0.341 e. The number of imidazole rings is 1. The van der Waals surface area contributed by atoms with Crippen LogP contribution in [0.3, 0.4) is 0 Å². The number of aromatic nitrogens is 5. The highest BCUT2D eigenvalue weighted by Gasteiger charge is 2.29. The number of H-pyrrole nitrogens is 1. The molecular formula is C19H23N7O2. The zero-order chi connectivity index (χ0) is 19.1. The first-order chi connectivity index (χ1) is 13.7. The first-order valence-corrected chi connectivity index (χ1v) is 9.79. The largest absolute Gasteiger partial charge is 0.341 e. The molecule has 1 fully saturated rings. The second-order valence-corrected chi connectivity index (χ2v) is 7.49. The number of hydrogen-bond donors (Lipinski definition) is 2. The molecule has 9 nitrogen and oxygen atoms in total. The number of para-hydroxylation sites is 2. The Balaban J connectivity index is 1.27. The fourth-order valence-corrected chi connectivity index (χ4v) is 4.30. The minimum atomic E-state index is -0.242. The van der Waals surface area contributed by atoms with Crippen LogP contribution in [-0.4, -0.2) is 54.8 Å². The van der Waals surface area contributed by atoms with Crippen LogP contribution in [0.2, 0.25) is 0 Å². The third-order valence-electron chi connectivity index (χ3n) is 5.84. The van der Waals surface area contributed by atoms with E-state index < -0.39 is 0 Å². The standard InChI is InChI=1S/C19H23N7O2/c27-17(12-26-15-4-2-1-3-14(15)21-19(26)28)24-8-5-13(6-9-24)18-23-22-16-11-20-7-10-25(16)18/h1-4,13,20H,5-12H2,(H,21,28). The zero-order valence-corrected chi connectivity index (χ0v) is 15.6. The van der Waals surface area contributed by atoms with Gasteiger partial charge >= 0.3 is 5.69 Å². The summed E-state index contributed by atoms with van der Waals surface area (Å²) in [6, 6.07) is 7.44. The highest BCUT2D eigenvalue weighted by Crippen LogP contribution is 2.28. The minimum absolute atomic E-state index is 0.0159. The molecule has 1 aromatic carbocycles. The molecule has 5 rings (SSSR count). The summed E-state index contributed by atoms with van der Waals surface area (Å²) >= 11 is 0. The van der Waals surface area contributed by atoms with Gasteiger partial charge in [-0.2, -0.15) is 0 Å². The maximum Gasteiger partial charge on any atom is 0.326 e. The average Bonchev–Trinajstić information content (AvgIpc) is 3.29. The van der Waals surface area contributed by atoms with Crippen LogP contribution < -0.4 is 11.0 Å². The number of likely N-dealkylation sites (tertiary alicyclic amines) is 1. The number of benzene rings is 1. The van der Waals surface area contributed by atoms with Gasteiger partial charge in [0.2, 0.25) is 5.91 Å². The summed E-state index contributed by atoms with van der Waals surface area (Å²) < 4.78 is 3.75. The summed E-state index contributed by atoms with van der Waals surface area (Å²) in [6.45, 7) is 4.04. The predicted octanol–water partition coefficient (Wildman–Crippen LogP) is 0.430. The highest BCUT2D eigenvalue weighted by atomic mass is 16.2. The van der Waals surface area contributed by atoms with E-state index in [1.54, 1.807) is 0 Å². The van der Waals surface area contributed by atoms with Gasteiger partial charge < -0.3 is 19.8 Å². The van der Waals surface area contributed by atoms with E-state index in [2.05, 4.69) is 25.1 Å². The monoisotopic (exact) mass is 381 g/mol. The topological polar surface area (TPSA) is 101 Å². The Morgan fingerprint density at radius 3 is 2.82 bits per heavy atom. The first-order valence-electron chi connectivity index (χ1n) is 9.79. The molecule has 0 saturated carbocycles. The molecule has 0 radical (unpaired) electrons. The lowest BCUT2D eigenvalue weighted by molar-refractivity contribution is -0.132. The number of fused-ring (bicyclic) bond motifs is 2. The van der Waals surface area contributed by atoms with Gasteiger partial charge in [0.1, 0.15) is 18.2 Å². The third kappa shape index (κ3) is 2.91. The first kappa shape index (κ1) is 17.2. The molecule has 28 heavy (non-hydrogen) atoms. The maximum atomic E-state index is 12.8. The van der Waals surface area contributed by atoms with Crippen molar-refractivity contribution in [3.05, 3.63) is 46.4 Å². The highest BCUT2D eigenvalue weighted by molar-refractivity contribution is 5.80. The van der Waals surface area contributed by atoms with Gasteiger partial charge in [-0.25, -0.2) is 4.79 Å². The van der Waals surface area contributed by atoms with Gasteiger partial charge in [0, 0.05) is 32.1 Å². The second kappa shape index (κ2) is 6.90. The van der Waals surface area contributed by atoms with Crippen LogP contribution in [0.25, 0.3) is 11.0 Å². The molecule has 146 valence electrons. The molecule has 2 aromatic heterocycles. The van der Waals surface area contributed by atoms with E-state index in [-0.39, 0.29) is 18.1 Å². The molecule has 4 heterocycles. The van der Waals surface area contributed by atoms with E-state index >= 15 is 0 Å². The molecule has 0 bridgehead atoms. The van der Waals surface area contributed by atoms with Gasteiger partial charge in [-0.3, -0.25) is 9.36 Å². The Labute approximate surface area is 161 Å². The number of rotatable bonds is 3. The summed E-state index contributed by atoms with van der Waals surface area (Å²) in [7, 11) is 0. The molecule has 0 unspecified atom stereocenters. The normalized spacial score (nSPS) is 17.8. The Bertz CT molecular complexity index is 1070. The molecule has 1 amide bonds. The molecule has 0 atom stereocenters. The van der Waals surface area contributed by atoms with E-state index in [4.69, 9.17) is 0 Å². The maximum absolute atomic E-state index is 12.8. The Morgan fingerprint density at radius 1 is 1.14 bits per heavy atom. The number of nitrogens with zero attached hydrogens (tertiary/aromatic N) is 5. The molecular weight excluding hydrogens is 358 g/mol. The van der Waals surface area contributed by atoms with Crippen LogP contribution in [0.4, 0.5) is 0 Å². The third-order valence-corrected chi connectivity index (χ3v) is 5.84. The number of carbonyl (C=O) groups excluding carboxylic acids is 1. The number of carbonyl (C=O) groups is 1. The van der Waals surface area contributed by atoms with Gasteiger partial charge in [-0.15, -0.1) is 10.2 Å². The number of piperidine rings is 1. The van der Waals surface area contributed by atoms with Crippen LogP contribution in [0, 0.1) is 0 Å². The van der Waals surface area contributed by atoms with Crippen molar-refractivity contribution < 1.29 is 4.79 Å². The summed E-state index contributed by atoms with van der Waals surface area (Å²) in [5, 5.41) is 12.0. The van der Waals surface area contributed by atoms with Gasteiger partial charge in [0.25, 0.3) is 0 Å². The number of hydrogen-bond acceptors (Lipinski definition) is 5. The Kier molecular flexibility index (Phi) is 4.23. The molecule has 1 saturated heterocycles. The molecule has 2 aliphatic rings. The summed E-state index contributed by atoms with van der Waals surface area (Å²) in [5.74, 6) is 2.37. The molecule has 9 heteroatoms. The SMILES string of the molecule is O=C(Cn1c(=O)[nH]c2ccccc21)N1CCC(c2nnc3n2CCNC3)CC1. The zero-order valence-electron chi connectivity index (χ0n) is 15.6. The predicted molar refractivity (Wildman–Crippen MR) is 103 cm³/mol. The van der Waals surface area contributed by atoms with Gasteiger partial charge in [0.05, 0.1) is 17.6 Å². The number of nitrogens with one attached hydrogen (secondary N) is 2. The van der Waals surface area contributed by atoms with Crippen LogP contribution >= 0.6 is 0 Å². The Hall–Kier alpha value is -2.94. The van der Waals surface area contributed by atoms with Gasteiger partial charge in [-0.05, 0) is 25.0 Å². The molecule has 2 aliphatic heterocycles. The van der Waals surface area contributed by atoms with Crippen molar-refractivity contribution in [2.75, 3.05) is 19.6 Å². The number of aromatic amines is 1. The summed E-state index contributed by atoms with van der Waals surface area (Å²) in [6.07, 6.45) is 1.75. The van der Waals surface area contributed by atoms with Gasteiger partial charge in [-0.1, -0.05) is 12.1 Å². The van der Waals surface area contributed by atoms with Crippen molar-refractivity contribution in [2.45, 2.75) is 38.4 Å². The van der Waals surface area contributed by atoms with E-state index in [9.17, 15) is 9.59 Å². The summed E-state index contributed by atoms with van der Waals surface area (Å²) in [5.41, 5.74) is 1.28.